The summed E-state index contributed by atoms with van der Waals surface area (Å²) in [5.74, 6) is 0.775. The number of halogens is 1. The minimum Gasteiger partial charge on any atom is -0.495 e. The van der Waals surface area contributed by atoms with Gasteiger partial charge in [0.15, 0.2) is 0 Å². The SMILES string of the molecule is COc1ccc(-c2nnnn2O)cc1Cl. The molecule has 7 heteroatoms. The maximum atomic E-state index is 9.23. The molecule has 1 N–H and O–H groups in total. The van der Waals surface area contributed by atoms with Crippen LogP contribution in [-0.4, -0.2) is 32.7 Å². The van der Waals surface area contributed by atoms with Crippen LogP contribution in [-0.2, 0) is 0 Å². The van der Waals surface area contributed by atoms with Crippen molar-refractivity contribution in [3.8, 4) is 17.1 Å². The van der Waals surface area contributed by atoms with Gasteiger partial charge >= 0.3 is 0 Å². The van der Waals surface area contributed by atoms with E-state index in [1.807, 2.05) is 0 Å². The molecule has 0 fully saturated rings. The summed E-state index contributed by atoms with van der Waals surface area (Å²) >= 11 is 5.91. The Morgan fingerprint density at radius 3 is 2.80 bits per heavy atom. The molecule has 0 saturated carbocycles. The van der Waals surface area contributed by atoms with E-state index in [0.717, 1.165) is 0 Å². The fourth-order valence-electron chi connectivity index (χ4n) is 1.16. The van der Waals surface area contributed by atoms with Crippen LogP contribution in [0.1, 0.15) is 0 Å². The predicted molar refractivity (Wildman–Crippen MR) is 52.0 cm³/mol. The average molecular weight is 227 g/mol. The number of nitrogens with zero attached hydrogens (tertiary/aromatic N) is 4. The lowest BCUT2D eigenvalue weighted by atomic mass is 10.2. The zero-order valence-electron chi connectivity index (χ0n) is 7.75. The number of benzene rings is 1. The minimum absolute atomic E-state index is 0.222. The van der Waals surface area contributed by atoms with Crippen molar-refractivity contribution < 1.29 is 9.94 Å². The molecule has 15 heavy (non-hydrogen) atoms. The third-order valence-corrected chi connectivity index (χ3v) is 2.16. The smallest absolute Gasteiger partial charge is 0.222 e. The summed E-state index contributed by atoms with van der Waals surface area (Å²) in [5.41, 5.74) is 0.605. The highest BCUT2D eigenvalue weighted by Gasteiger charge is 2.10. The van der Waals surface area contributed by atoms with Gasteiger partial charge < -0.3 is 9.94 Å². The summed E-state index contributed by atoms with van der Waals surface area (Å²) in [5, 5.41) is 19.9. The second kappa shape index (κ2) is 3.74. The summed E-state index contributed by atoms with van der Waals surface area (Å²) < 4.78 is 4.99. The van der Waals surface area contributed by atoms with E-state index in [4.69, 9.17) is 16.3 Å². The maximum Gasteiger partial charge on any atom is 0.222 e. The Labute approximate surface area is 90.0 Å². The first-order valence-corrected chi connectivity index (χ1v) is 4.41. The summed E-state index contributed by atoms with van der Waals surface area (Å²) in [6, 6.07) is 4.98. The van der Waals surface area contributed by atoms with Gasteiger partial charge in [-0.2, -0.15) is 0 Å². The van der Waals surface area contributed by atoms with E-state index >= 15 is 0 Å². The monoisotopic (exact) mass is 226 g/mol. The Hall–Kier alpha value is -1.82. The van der Waals surface area contributed by atoms with Gasteiger partial charge in [-0.15, -0.1) is 5.10 Å². The Morgan fingerprint density at radius 1 is 1.47 bits per heavy atom. The van der Waals surface area contributed by atoms with Crippen LogP contribution >= 0.6 is 11.6 Å². The van der Waals surface area contributed by atoms with Crippen LogP contribution in [0.5, 0.6) is 5.75 Å². The Kier molecular flexibility index (Phi) is 2.42. The van der Waals surface area contributed by atoms with E-state index in [1.165, 1.54) is 7.11 Å². The standard InChI is InChI=1S/C8H7ClN4O2/c1-15-7-3-2-5(4-6(7)9)8-10-11-12-13(8)14/h2-4,14H,1H3. The number of hydrogen-bond acceptors (Lipinski definition) is 5. The largest absolute Gasteiger partial charge is 0.495 e. The molecular weight excluding hydrogens is 220 g/mol. The number of methoxy groups -OCH3 is 1. The van der Waals surface area contributed by atoms with Gasteiger partial charge in [0.25, 0.3) is 0 Å². The molecule has 0 atom stereocenters. The highest BCUT2D eigenvalue weighted by atomic mass is 35.5. The third-order valence-electron chi connectivity index (χ3n) is 1.86. The number of ether oxygens (including phenoxy) is 1. The first kappa shape index (κ1) is 9.72. The molecule has 0 amide bonds. The molecule has 0 bridgehead atoms. The molecule has 0 aliphatic heterocycles. The van der Waals surface area contributed by atoms with Crippen molar-refractivity contribution in [1.82, 2.24) is 20.4 Å². The Balaban J connectivity index is 2.47. The van der Waals surface area contributed by atoms with E-state index < -0.39 is 0 Å². The van der Waals surface area contributed by atoms with Gasteiger partial charge in [-0.25, -0.2) is 0 Å². The number of tetrazole rings is 1. The highest BCUT2D eigenvalue weighted by molar-refractivity contribution is 6.32. The normalized spacial score (nSPS) is 10.3. The zero-order valence-corrected chi connectivity index (χ0v) is 8.51. The molecule has 0 radical (unpaired) electrons. The molecule has 0 saturated heterocycles. The number of rotatable bonds is 2. The molecule has 1 aromatic carbocycles. The quantitative estimate of drug-likeness (QED) is 0.780. The molecule has 0 spiro atoms. The lowest BCUT2D eigenvalue weighted by Gasteiger charge is -2.03. The molecule has 6 nitrogen and oxygen atoms in total. The van der Waals surface area contributed by atoms with Crippen LogP contribution in [0.2, 0.25) is 5.02 Å². The fourth-order valence-corrected chi connectivity index (χ4v) is 1.42. The van der Waals surface area contributed by atoms with Crippen LogP contribution in [0.25, 0.3) is 11.4 Å². The summed E-state index contributed by atoms with van der Waals surface area (Å²) in [6.07, 6.45) is 0. The molecule has 0 aliphatic carbocycles. The van der Waals surface area contributed by atoms with Crippen molar-refractivity contribution in [3.05, 3.63) is 23.2 Å². The molecule has 78 valence electrons. The molecule has 2 aromatic rings. The molecule has 1 heterocycles. The maximum absolute atomic E-state index is 9.23. The van der Waals surface area contributed by atoms with Gasteiger partial charge in [0.2, 0.25) is 5.82 Å². The van der Waals surface area contributed by atoms with Crippen molar-refractivity contribution in [3.63, 3.8) is 0 Å². The van der Waals surface area contributed by atoms with E-state index in [-0.39, 0.29) is 5.82 Å². The summed E-state index contributed by atoms with van der Waals surface area (Å²) in [6.45, 7) is 0. The van der Waals surface area contributed by atoms with E-state index in [0.29, 0.717) is 21.2 Å². The molecule has 0 aliphatic rings. The average Bonchev–Trinajstić information content (AvgIpc) is 2.64. The fraction of sp³-hybridized carbons (Fsp3) is 0.125. The van der Waals surface area contributed by atoms with Crippen LogP contribution in [0.4, 0.5) is 0 Å². The molecule has 2 rings (SSSR count). The van der Waals surface area contributed by atoms with Crippen LogP contribution in [0, 0.1) is 0 Å². The summed E-state index contributed by atoms with van der Waals surface area (Å²) in [7, 11) is 1.52. The van der Waals surface area contributed by atoms with Gasteiger partial charge in [-0.1, -0.05) is 16.4 Å². The van der Waals surface area contributed by atoms with Gasteiger partial charge in [-0.3, -0.25) is 0 Å². The number of hydrogen-bond donors (Lipinski definition) is 1. The minimum atomic E-state index is 0.222. The van der Waals surface area contributed by atoms with Crippen LogP contribution in [0.3, 0.4) is 0 Å². The van der Waals surface area contributed by atoms with Gasteiger partial charge in [-0.05, 0) is 28.6 Å². The first-order valence-electron chi connectivity index (χ1n) is 4.04. The van der Waals surface area contributed by atoms with Crippen molar-refractivity contribution in [2.24, 2.45) is 0 Å². The predicted octanol–water partition coefficient (Wildman–Crippen LogP) is 1.24. The van der Waals surface area contributed by atoms with Crippen molar-refractivity contribution in [2.75, 3.05) is 7.11 Å². The van der Waals surface area contributed by atoms with E-state index in [1.54, 1.807) is 18.2 Å². The van der Waals surface area contributed by atoms with Crippen LogP contribution in [0.15, 0.2) is 18.2 Å². The topological polar surface area (TPSA) is 73.1 Å². The van der Waals surface area contributed by atoms with Gasteiger partial charge in [0, 0.05) is 5.56 Å². The Bertz CT molecular complexity index is 485. The highest BCUT2D eigenvalue weighted by Crippen LogP contribution is 2.28. The van der Waals surface area contributed by atoms with Crippen molar-refractivity contribution >= 4 is 11.6 Å². The second-order valence-electron chi connectivity index (χ2n) is 2.74. The molecular formula is C8H7ClN4O2. The van der Waals surface area contributed by atoms with Gasteiger partial charge in [0.1, 0.15) is 5.75 Å². The number of aromatic nitrogens is 4. The zero-order chi connectivity index (χ0) is 10.8. The lowest BCUT2D eigenvalue weighted by molar-refractivity contribution is 0.147. The second-order valence-corrected chi connectivity index (χ2v) is 3.15. The summed E-state index contributed by atoms with van der Waals surface area (Å²) in [4.78, 5) is 0.581. The third kappa shape index (κ3) is 1.71. The molecule has 1 aromatic heterocycles. The van der Waals surface area contributed by atoms with E-state index in [9.17, 15) is 5.21 Å². The van der Waals surface area contributed by atoms with Gasteiger partial charge in [0.05, 0.1) is 12.1 Å². The van der Waals surface area contributed by atoms with Crippen molar-refractivity contribution in [2.45, 2.75) is 0 Å². The van der Waals surface area contributed by atoms with E-state index in [2.05, 4.69) is 15.5 Å². The Morgan fingerprint density at radius 2 is 2.27 bits per heavy atom. The first-order chi connectivity index (χ1) is 7.22. The lowest BCUT2D eigenvalue weighted by Crippen LogP contribution is -1.96. The molecule has 0 unspecified atom stereocenters. The van der Waals surface area contributed by atoms with Crippen molar-refractivity contribution in [1.29, 1.82) is 0 Å². The van der Waals surface area contributed by atoms with Crippen LogP contribution < -0.4 is 4.74 Å².